The van der Waals surface area contributed by atoms with Crippen molar-refractivity contribution in [2.75, 3.05) is 17.2 Å². The highest BCUT2D eigenvalue weighted by Crippen LogP contribution is 2.18. The second kappa shape index (κ2) is 6.13. The molecule has 0 aliphatic heterocycles. The van der Waals surface area contributed by atoms with E-state index in [0.29, 0.717) is 6.54 Å². The Balaban J connectivity index is 2.07. The zero-order valence-corrected chi connectivity index (χ0v) is 11.1. The van der Waals surface area contributed by atoms with Crippen LogP contribution in [0.1, 0.15) is 18.1 Å². The molecule has 0 atom stereocenters. The number of hydrogen-bond donors (Lipinski definition) is 2. The molecule has 2 rings (SSSR count). The lowest BCUT2D eigenvalue weighted by atomic mass is 10.2. The van der Waals surface area contributed by atoms with Crippen molar-refractivity contribution in [3.63, 3.8) is 0 Å². The van der Waals surface area contributed by atoms with Gasteiger partial charge in [-0.25, -0.2) is 14.4 Å². The van der Waals surface area contributed by atoms with Crippen molar-refractivity contribution in [3.05, 3.63) is 47.5 Å². The average Bonchev–Trinajstić information content (AvgIpc) is 2.42. The first-order valence-corrected chi connectivity index (χ1v) is 6.24. The van der Waals surface area contributed by atoms with E-state index in [9.17, 15) is 4.39 Å². The molecule has 0 unspecified atom stereocenters. The fourth-order valence-electron chi connectivity index (χ4n) is 1.76. The van der Waals surface area contributed by atoms with Gasteiger partial charge in [0.05, 0.1) is 0 Å². The van der Waals surface area contributed by atoms with E-state index in [1.165, 1.54) is 18.5 Å². The van der Waals surface area contributed by atoms with Gasteiger partial charge >= 0.3 is 0 Å². The topological polar surface area (TPSA) is 49.8 Å². The van der Waals surface area contributed by atoms with Gasteiger partial charge in [0.15, 0.2) is 0 Å². The largest absolute Gasteiger partial charge is 0.370 e. The third kappa shape index (κ3) is 3.40. The molecule has 1 aromatic heterocycles. The third-order valence-corrected chi connectivity index (χ3v) is 2.80. The standard InChI is InChI=1S/C14H17FN4/c1-3-16-13-10(2)14(19-9-18-13)17-8-11-4-6-12(15)7-5-11/h4-7,9H,3,8H2,1-2H3,(H2,16,17,18,19). The van der Waals surface area contributed by atoms with Crippen LogP contribution in [0.4, 0.5) is 16.0 Å². The molecule has 1 heterocycles. The minimum atomic E-state index is -0.226. The average molecular weight is 260 g/mol. The van der Waals surface area contributed by atoms with Crippen molar-refractivity contribution in [2.24, 2.45) is 0 Å². The van der Waals surface area contributed by atoms with Gasteiger partial charge in [0.25, 0.3) is 0 Å². The van der Waals surface area contributed by atoms with Gasteiger partial charge in [0, 0.05) is 18.7 Å². The Hall–Kier alpha value is -2.17. The maximum absolute atomic E-state index is 12.8. The SMILES string of the molecule is CCNc1ncnc(NCc2ccc(F)cc2)c1C. The van der Waals surface area contributed by atoms with Crippen LogP contribution in [-0.2, 0) is 6.54 Å². The number of halogens is 1. The molecule has 0 aliphatic rings. The minimum absolute atomic E-state index is 0.226. The van der Waals surface area contributed by atoms with Crippen LogP contribution in [0.25, 0.3) is 0 Å². The first-order chi connectivity index (χ1) is 9.20. The molecule has 0 amide bonds. The van der Waals surface area contributed by atoms with Gasteiger partial charge in [-0.15, -0.1) is 0 Å². The normalized spacial score (nSPS) is 10.3. The molecule has 0 aliphatic carbocycles. The molecule has 0 radical (unpaired) electrons. The molecule has 2 N–H and O–H groups in total. The molecule has 1 aromatic carbocycles. The van der Waals surface area contributed by atoms with Crippen LogP contribution in [0.15, 0.2) is 30.6 Å². The predicted octanol–water partition coefficient (Wildman–Crippen LogP) is 2.97. The van der Waals surface area contributed by atoms with E-state index in [-0.39, 0.29) is 5.82 Å². The summed E-state index contributed by atoms with van der Waals surface area (Å²) in [5.74, 6) is 1.39. The second-order valence-corrected chi connectivity index (χ2v) is 4.21. The first kappa shape index (κ1) is 13.3. The number of anilines is 2. The molecule has 4 nitrogen and oxygen atoms in total. The highest BCUT2D eigenvalue weighted by molar-refractivity contribution is 5.56. The van der Waals surface area contributed by atoms with E-state index in [0.717, 1.165) is 29.3 Å². The van der Waals surface area contributed by atoms with E-state index in [1.54, 1.807) is 12.1 Å². The molecular weight excluding hydrogens is 243 g/mol. The molecule has 0 saturated heterocycles. The lowest BCUT2D eigenvalue weighted by Crippen LogP contribution is -2.08. The highest BCUT2D eigenvalue weighted by atomic mass is 19.1. The van der Waals surface area contributed by atoms with E-state index < -0.39 is 0 Å². The van der Waals surface area contributed by atoms with Gasteiger partial charge in [0.2, 0.25) is 0 Å². The number of rotatable bonds is 5. The lowest BCUT2D eigenvalue weighted by molar-refractivity contribution is 0.627. The second-order valence-electron chi connectivity index (χ2n) is 4.21. The molecule has 0 bridgehead atoms. The summed E-state index contributed by atoms with van der Waals surface area (Å²) in [7, 11) is 0. The number of benzene rings is 1. The number of nitrogens with one attached hydrogen (secondary N) is 2. The van der Waals surface area contributed by atoms with Gasteiger partial charge < -0.3 is 10.6 Å². The van der Waals surface area contributed by atoms with Gasteiger partial charge in [-0.3, -0.25) is 0 Å². The van der Waals surface area contributed by atoms with Gasteiger partial charge in [-0.1, -0.05) is 12.1 Å². The third-order valence-electron chi connectivity index (χ3n) is 2.80. The van der Waals surface area contributed by atoms with Crippen LogP contribution in [-0.4, -0.2) is 16.5 Å². The van der Waals surface area contributed by atoms with Crippen molar-refractivity contribution in [3.8, 4) is 0 Å². The fraction of sp³-hybridized carbons (Fsp3) is 0.286. The molecule has 5 heteroatoms. The molecular formula is C14H17FN4. The van der Waals surface area contributed by atoms with Crippen LogP contribution in [0.2, 0.25) is 0 Å². The lowest BCUT2D eigenvalue weighted by Gasteiger charge is -2.11. The van der Waals surface area contributed by atoms with Crippen LogP contribution < -0.4 is 10.6 Å². The zero-order valence-electron chi connectivity index (χ0n) is 11.1. The smallest absolute Gasteiger partial charge is 0.134 e. The fourth-order valence-corrected chi connectivity index (χ4v) is 1.76. The van der Waals surface area contributed by atoms with Crippen molar-refractivity contribution < 1.29 is 4.39 Å². The maximum atomic E-state index is 12.8. The van der Waals surface area contributed by atoms with Gasteiger partial charge in [-0.2, -0.15) is 0 Å². The van der Waals surface area contributed by atoms with Crippen LogP contribution in [0.3, 0.4) is 0 Å². The summed E-state index contributed by atoms with van der Waals surface area (Å²) >= 11 is 0. The number of nitrogens with zero attached hydrogens (tertiary/aromatic N) is 2. The summed E-state index contributed by atoms with van der Waals surface area (Å²) in [5.41, 5.74) is 1.98. The Bertz CT molecular complexity index is 540. The number of hydrogen-bond acceptors (Lipinski definition) is 4. The monoisotopic (exact) mass is 260 g/mol. The van der Waals surface area contributed by atoms with Crippen molar-refractivity contribution in [1.82, 2.24) is 9.97 Å². The molecule has 19 heavy (non-hydrogen) atoms. The van der Waals surface area contributed by atoms with Crippen LogP contribution in [0, 0.1) is 12.7 Å². The molecule has 100 valence electrons. The summed E-state index contributed by atoms with van der Waals surface area (Å²) in [6.07, 6.45) is 1.53. The summed E-state index contributed by atoms with van der Waals surface area (Å²) < 4.78 is 12.8. The van der Waals surface area contributed by atoms with Crippen molar-refractivity contribution in [2.45, 2.75) is 20.4 Å². The zero-order chi connectivity index (χ0) is 13.7. The van der Waals surface area contributed by atoms with E-state index in [1.807, 2.05) is 13.8 Å². The maximum Gasteiger partial charge on any atom is 0.134 e. The van der Waals surface area contributed by atoms with E-state index in [4.69, 9.17) is 0 Å². The highest BCUT2D eigenvalue weighted by Gasteiger charge is 2.05. The van der Waals surface area contributed by atoms with Crippen LogP contribution >= 0.6 is 0 Å². The molecule has 2 aromatic rings. The molecule has 0 saturated carbocycles. The summed E-state index contributed by atoms with van der Waals surface area (Å²) in [6, 6.07) is 6.41. The summed E-state index contributed by atoms with van der Waals surface area (Å²) in [4.78, 5) is 8.40. The van der Waals surface area contributed by atoms with Crippen LogP contribution in [0.5, 0.6) is 0 Å². The Morgan fingerprint density at radius 1 is 1.05 bits per heavy atom. The Labute approximate surface area is 112 Å². The summed E-state index contributed by atoms with van der Waals surface area (Å²) in [6.45, 7) is 5.40. The minimum Gasteiger partial charge on any atom is -0.370 e. The Morgan fingerprint density at radius 3 is 2.32 bits per heavy atom. The van der Waals surface area contributed by atoms with Crippen molar-refractivity contribution >= 4 is 11.6 Å². The van der Waals surface area contributed by atoms with E-state index >= 15 is 0 Å². The molecule has 0 spiro atoms. The Kier molecular flexibility index (Phi) is 4.28. The quantitative estimate of drug-likeness (QED) is 0.867. The van der Waals surface area contributed by atoms with Gasteiger partial charge in [-0.05, 0) is 31.5 Å². The number of aromatic nitrogens is 2. The summed E-state index contributed by atoms with van der Waals surface area (Å²) in [5, 5.41) is 6.42. The van der Waals surface area contributed by atoms with Crippen molar-refractivity contribution in [1.29, 1.82) is 0 Å². The van der Waals surface area contributed by atoms with Gasteiger partial charge in [0.1, 0.15) is 23.8 Å². The predicted molar refractivity (Wildman–Crippen MR) is 74.7 cm³/mol. The Morgan fingerprint density at radius 2 is 1.68 bits per heavy atom. The first-order valence-electron chi connectivity index (χ1n) is 6.24. The van der Waals surface area contributed by atoms with E-state index in [2.05, 4.69) is 20.6 Å². The molecule has 0 fully saturated rings.